The Bertz CT molecular complexity index is 888. The summed E-state index contributed by atoms with van der Waals surface area (Å²) in [5.41, 5.74) is 2.50. The molecule has 3 aromatic rings. The van der Waals surface area contributed by atoms with Gasteiger partial charge < -0.3 is 9.73 Å². The average molecular weight is 341 g/mol. The third-order valence-corrected chi connectivity index (χ3v) is 5.11. The van der Waals surface area contributed by atoms with Gasteiger partial charge in [-0.25, -0.2) is 4.79 Å². The largest absolute Gasteiger partial charge is 0.423 e. The molecule has 1 N–H and O–H groups in total. The number of hydrogen-bond acceptors (Lipinski definition) is 4. The van der Waals surface area contributed by atoms with E-state index in [1.807, 2.05) is 25.1 Å². The van der Waals surface area contributed by atoms with E-state index in [0.29, 0.717) is 12.1 Å². The van der Waals surface area contributed by atoms with Crippen molar-refractivity contribution in [1.29, 1.82) is 0 Å². The summed E-state index contributed by atoms with van der Waals surface area (Å²) in [4.78, 5) is 13.2. The third kappa shape index (κ3) is 3.60. The standard InChI is InChI=1S/C20H23NO2S/c1-13-7-8-15-14(11-18(22)23-16(15)10-13)12-21-19(20(2,3)4)17-6-5-9-24-17/h5-11,19,21H,12H2,1-4H3/t19-/m0/s1. The van der Waals surface area contributed by atoms with Gasteiger partial charge in [-0.2, -0.15) is 0 Å². The Hall–Kier alpha value is -1.91. The SMILES string of the molecule is Cc1ccc2c(CN[C@@H](c3cccs3)C(C)(C)C)cc(=O)oc2c1. The van der Waals surface area contributed by atoms with Crippen LogP contribution in [0.15, 0.2) is 51.0 Å². The smallest absolute Gasteiger partial charge is 0.336 e. The molecule has 3 rings (SSSR count). The Morgan fingerprint density at radius 1 is 1.21 bits per heavy atom. The fraction of sp³-hybridized carbons (Fsp3) is 0.350. The molecule has 0 aliphatic rings. The Morgan fingerprint density at radius 2 is 2.00 bits per heavy atom. The van der Waals surface area contributed by atoms with E-state index in [2.05, 4.69) is 43.6 Å². The molecule has 1 aromatic carbocycles. The molecule has 0 radical (unpaired) electrons. The zero-order chi connectivity index (χ0) is 17.3. The van der Waals surface area contributed by atoms with Gasteiger partial charge in [0.1, 0.15) is 5.58 Å². The van der Waals surface area contributed by atoms with Crippen molar-refractivity contribution in [3.8, 4) is 0 Å². The highest BCUT2D eigenvalue weighted by atomic mass is 32.1. The van der Waals surface area contributed by atoms with E-state index in [-0.39, 0.29) is 17.1 Å². The van der Waals surface area contributed by atoms with Gasteiger partial charge in [-0.05, 0) is 41.0 Å². The second kappa shape index (κ2) is 6.54. The van der Waals surface area contributed by atoms with Gasteiger partial charge in [0.2, 0.25) is 0 Å². The first-order valence-electron chi connectivity index (χ1n) is 8.15. The van der Waals surface area contributed by atoms with Gasteiger partial charge in [0, 0.05) is 28.9 Å². The second-order valence-electron chi connectivity index (χ2n) is 7.29. The summed E-state index contributed by atoms with van der Waals surface area (Å²) < 4.78 is 5.35. The zero-order valence-electron chi connectivity index (χ0n) is 14.6. The number of benzene rings is 1. The van der Waals surface area contributed by atoms with Gasteiger partial charge in [0.25, 0.3) is 0 Å². The number of aryl methyl sites for hydroxylation is 1. The van der Waals surface area contributed by atoms with E-state index in [0.717, 1.165) is 16.5 Å². The number of thiophene rings is 1. The average Bonchev–Trinajstić information content (AvgIpc) is 2.99. The zero-order valence-corrected chi connectivity index (χ0v) is 15.4. The minimum atomic E-state index is -0.298. The van der Waals surface area contributed by atoms with Crippen LogP contribution in [-0.2, 0) is 6.54 Å². The topological polar surface area (TPSA) is 42.2 Å². The lowest BCUT2D eigenvalue weighted by molar-refractivity contribution is 0.275. The molecule has 0 unspecified atom stereocenters. The molecule has 0 saturated heterocycles. The summed E-state index contributed by atoms with van der Waals surface area (Å²) in [6, 6.07) is 12.1. The van der Waals surface area contributed by atoms with E-state index >= 15 is 0 Å². The maximum absolute atomic E-state index is 11.9. The fourth-order valence-electron chi connectivity index (χ4n) is 2.98. The van der Waals surface area contributed by atoms with Crippen molar-refractivity contribution in [3.05, 3.63) is 68.2 Å². The minimum absolute atomic E-state index is 0.0801. The van der Waals surface area contributed by atoms with Crippen LogP contribution in [0, 0.1) is 12.3 Å². The van der Waals surface area contributed by atoms with Crippen LogP contribution in [0.2, 0.25) is 0 Å². The summed E-state index contributed by atoms with van der Waals surface area (Å²) in [5.74, 6) is 0. The van der Waals surface area contributed by atoms with Gasteiger partial charge in [0.15, 0.2) is 0 Å². The molecule has 0 amide bonds. The molecule has 4 heteroatoms. The van der Waals surface area contributed by atoms with Crippen LogP contribution in [0.3, 0.4) is 0 Å². The molecule has 0 spiro atoms. The van der Waals surface area contributed by atoms with Gasteiger partial charge in [0.05, 0.1) is 0 Å². The van der Waals surface area contributed by atoms with Gasteiger partial charge in [-0.15, -0.1) is 11.3 Å². The van der Waals surface area contributed by atoms with Crippen LogP contribution in [0.4, 0.5) is 0 Å². The maximum atomic E-state index is 11.9. The minimum Gasteiger partial charge on any atom is -0.423 e. The predicted molar refractivity (Wildman–Crippen MR) is 101 cm³/mol. The molecule has 1 atom stereocenters. The van der Waals surface area contributed by atoms with Crippen molar-refractivity contribution in [2.45, 2.75) is 40.3 Å². The Kier molecular flexibility index (Phi) is 4.61. The highest BCUT2D eigenvalue weighted by molar-refractivity contribution is 7.10. The monoisotopic (exact) mass is 341 g/mol. The van der Waals surface area contributed by atoms with Crippen molar-refractivity contribution in [1.82, 2.24) is 5.32 Å². The first-order chi connectivity index (χ1) is 11.3. The quantitative estimate of drug-likeness (QED) is 0.676. The molecule has 3 nitrogen and oxygen atoms in total. The van der Waals surface area contributed by atoms with Crippen molar-refractivity contribution in [2.24, 2.45) is 5.41 Å². The van der Waals surface area contributed by atoms with Crippen molar-refractivity contribution < 1.29 is 4.42 Å². The lowest BCUT2D eigenvalue weighted by Gasteiger charge is -2.31. The molecule has 0 aliphatic carbocycles. The molecule has 2 heterocycles. The molecule has 0 aliphatic heterocycles. The maximum Gasteiger partial charge on any atom is 0.336 e. The molecule has 0 bridgehead atoms. The van der Waals surface area contributed by atoms with Crippen LogP contribution in [0.5, 0.6) is 0 Å². The number of nitrogens with one attached hydrogen (secondary N) is 1. The predicted octanol–water partition coefficient (Wildman–Crippen LogP) is 5.04. The van der Waals surface area contributed by atoms with E-state index < -0.39 is 0 Å². The highest BCUT2D eigenvalue weighted by Crippen LogP contribution is 2.35. The van der Waals surface area contributed by atoms with Crippen molar-refractivity contribution in [2.75, 3.05) is 0 Å². The van der Waals surface area contributed by atoms with Crippen molar-refractivity contribution in [3.63, 3.8) is 0 Å². The normalized spacial score (nSPS) is 13.3. The van der Waals surface area contributed by atoms with E-state index in [1.54, 1.807) is 17.4 Å². The highest BCUT2D eigenvalue weighted by Gasteiger charge is 2.26. The summed E-state index contributed by atoms with van der Waals surface area (Å²) in [5, 5.41) is 6.74. The summed E-state index contributed by atoms with van der Waals surface area (Å²) in [6.07, 6.45) is 0. The van der Waals surface area contributed by atoms with Gasteiger partial charge in [-0.1, -0.05) is 39.0 Å². The van der Waals surface area contributed by atoms with Crippen LogP contribution in [-0.4, -0.2) is 0 Å². The van der Waals surface area contributed by atoms with Crippen LogP contribution >= 0.6 is 11.3 Å². The molecular weight excluding hydrogens is 318 g/mol. The molecular formula is C20H23NO2S. The third-order valence-electron chi connectivity index (χ3n) is 4.18. The van der Waals surface area contributed by atoms with Crippen LogP contribution in [0.1, 0.15) is 42.8 Å². The van der Waals surface area contributed by atoms with Crippen LogP contribution in [0.25, 0.3) is 11.0 Å². The lowest BCUT2D eigenvalue weighted by Crippen LogP contribution is -2.31. The lowest BCUT2D eigenvalue weighted by atomic mass is 9.85. The number of hydrogen-bond donors (Lipinski definition) is 1. The Morgan fingerprint density at radius 3 is 2.67 bits per heavy atom. The summed E-state index contributed by atoms with van der Waals surface area (Å²) >= 11 is 1.76. The molecule has 0 saturated carbocycles. The van der Waals surface area contributed by atoms with Gasteiger partial charge >= 0.3 is 5.63 Å². The fourth-order valence-corrected chi connectivity index (χ4v) is 4.03. The van der Waals surface area contributed by atoms with E-state index in [4.69, 9.17) is 4.42 Å². The molecule has 0 fully saturated rings. The number of fused-ring (bicyclic) bond motifs is 1. The summed E-state index contributed by atoms with van der Waals surface area (Å²) in [7, 11) is 0. The van der Waals surface area contributed by atoms with Crippen LogP contribution < -0.4 is 10.9 Å². The number of rotatable bonds is 4. The molecule has 2 aromatic heterocycles. The Labute approximate surface area is 146 Å². The van der Waals surface area contributed by atoms with E-state index in [1.165, 1.54) is 4.88 Å². The molecule has 126 valence electrons. The first kappa shape index (κ1) is 16.9. The van der Waals surface area contributed by atoms with Gasteiger partial charge in [-0.3, -0.25) is 0 Å². The summed E-state index contributed by atoms with van der Waals surface area (Å²) in [6.45, 7) is 9.31. The Balaban J connectivity index is 1.93. The first-order valence-corrected chi connectivity index (χ1v) is 9.03. The second-order valence-corrected chi connectivity index (χ2v) is 8.26. The van der Waals surface area contributed by atoms with Crippen molar-refractivity contribution >= 4 is 22.3 Å². The molecule has 24 heavy (non-hydrogen) atoms. The van der Waals surface area contributed by atoms with E-state index in [9.17, 15) is 4.79 Å².